The number of amides is 1. The first-order chi connectivity index (χ1) is 12.4. The number of alkyl halides is 2. The molecular formula is C15H17F2N5O4. The van der Waals surface area contributed by atoms with Crippen LogP contribution < -0.4 is 10.9 Å². The average molecular weight is 369 g/mol. The third-order valence-corrected chi connectivity index (χ3v) is 3.30. The summed E-state index contributed by atoms with van der Waals surface area (Å²) in [6.45, 7) is 0.339. The number of aromatic nitrogens is 4. The van der Waals surface area contributed by atoms with E-state index in [4.69, 9.17) is 0 Å². The maximum atomic E-state index is 12.6. The quantitative estimate of drug-likeness (QED) is 0.398. The standard InChI is InChI=1S/C15H17F2N5O4/c1-26-13(25)4-2-3-7-18-11(23)6-5-10-20-15-19-9(14(16)17)8-12(24)22(15)21-10/h2,4,8,14H,3,5-7H2,1H3,(H,18,23)(H,19,20,21)/b4-2+. The number of ether oxygens (including phenoxy) is 1. The number of aryl methyl sites for hydroxylation is 1. The highest BCUT2D eigenvalue weighted by atomic mass is 19.3. The molecule has 2 aromatic rings. The van der Waals surface area contributed by atoms with E-state index in [9.17, 15) is 23.2 Å². The van der Waals surface area contributed by atoms with Crippen LogP contribution in [-0.2, 0) is 20.7 Å². The molecule has 2 rings (SSSR count). The summed E-state index contributed by atoms with van der Waals surface area (Å²) in [6, 6.07) is 0.730. The summed E-state index contributed by atoms with van der Waals surface area (Å²) >= 11 is 0. The van der Waals surface area contributed by atoms with E-state index in [1.807, 2.05) is 0 Å². The number of esters is 1. The van der Waals surface area contributed by atoms with Gasteiger partial charge in [0.15, 0.2) is 0 Å². The van der Waals surface area contributed by atoms with Gasteiger partial charge >= 0.3 is 5.97 Å². The van der Waals surface area contributed by atoms with E-state index < -0.39 is 23.6 Å². The number of nitrogens with zero attached hydrogens (tertiary/aromatic N) is 3. The summed E-state index contributed by atoms with van der Waals surface area (Å²) in [5.74, 6) is -0.622. The minimum Gasteiger partial charge on any atom is -0.466 e. The summed E-state index contributed by atoms with van der Waals surface area (Å²) in [5.41, 5.74) is -1.35. The van der Waals surface area contributed by atoms with Crippen LogP contribution >= 0.6 is 0 Å². The van der Waals surface area contributed by atoms with Crippen molar-refractivity contribution in [1.29, 1.82) is 0 Å². The number of rotatable bonds is 8. The van der Waals surface area contributed by atoms with Gasteiger partial charge in [0.25, 0.3) is 17.8 Å². The lowest BCUT2D eigenvalue weighted by Crippen LogP contribution is -2.24. The molecular weight excluding hydrogens is 352 g/mol. The fraction of sp³-hybridized carbons (Fsp3) is 0.400. The number of methoxy groups -OCH3 is 1. The Bertz CT molecular complexity index is 875. The first-order valence-corrected chi connectivity index (χ1v) is 7.68. The van der Waals surface area contributed by atoms with E-state index in [1.54, 1.807) is 6.08 Å². The second-order valence-electron chi connectivity index (χ2n) is 5.19. The molecule has 0 bridgehead atoms. The molecule has 2 aromatic heterocycles. The molecule has 0 aliphatic carbocycles. The molecule has 140 valence electrons. The van der Waals surface area contributed by atoms with Crippen LogP contribution in [0, 0.1) is 0 Å². The number of hydrogen-bond donors (Lipinski definition) is 2. The highest BCUT2D eigenvalue weighted by Gasteiger charge is 2.14. The van der Waals surface area contributed by atoms with Crippen LogP contribution in [0.4, 0.5) is 8.78 Å². The van der Waals surface area contributed by atoms with Crippen molar-refractivity contribution in [1.82, 2.24) is 24.9 Å². The van der Waals surface area contributed by atoms with E-state index in [0.29, 0.717) is 13.0 Å². The Kier molecular flexibility index (Phi) is 6.53. The highest BCUT2D eigenvalue weighted by Crippen LogP contribution is 2.14. The van der Waals surface area contributed by atoms with E-state index in [2.05, 4.69) is 25.1 Å². The molecule has 0 aromatic carbocycles. The Labute approximate surface area is 146 Å². The lowest BCUT2D eigenvalue weighted by atomic mass is 10.3. The average Bonchev–Trinajstić information content (AvgIpc) is 3.03. The molecule has 0 aliphatic rings. The molecule has 0 unspecified atom stereocenters. The van der Waals surface area contributed by atoms with E-state index in [-0.39, 0.29) is 30.4 Å². The SMILES string of the molecule is COC(=O)/C=C/CCNC(=O)CCc1nc2nc(C(F)F)cc(=O)n2[nH]1. The number of nitrogens with one attached hydrogen (secondary N) is 2. The zero-order chi connectivity index (χ0) is 19.1. The van der Waals surface area contributed by atoms with Crippen LogP contribution in [-0.4, -0.2) is 45.1 Å². The molecule has 0 radical (unpaired) electrons. The van der Waals surface area contributed by atoms with Crippen molar-refractivity contribution in [2.24, 2.45) is 0 Å². The fourth-order valence-electron chi connectivity index (χ4n) is 2.03. The predicted molar refractivity (Wildman–Crippen MR) is 85.7 cm³/mol. The Morgan fingerprint density at radius 2 is 2.19 bits per heavy atom. The number of hydrogen-bond acceptors (Lipinski definition) is 6. The normalized spacial score (nSPS) is 11.4. The Morgan fingerprint density at radius 3 is 2.88 bits per heavy atom. The van der Waals surface area contributed by atoms with Gasteiger partial charge in [0.1, 0.15) is 11.5 Å². The molecule has 0 fully saturated rings. The maximum absolute atomic E-state index is 12.6. The van der Waals surface area contributed by atoms with Crippen molar-refractivity contribution >= 4 is 17.7 Å². The van der Waals surface area contributed by atoms with Crippen LogP contribution in [0.2, 0.25) is 0 Å². The molecule has 0 saturated carbocycles. The van der Waals surface area contributed by atoms with Crippen LogP contribution in [0.1, 0.15) is 30.8 Å². The van der Waals surface area contributed by atoms with E-state index in [0.717, 1.165) is 10.6 Å². The number of carbonyl (C=O) groups excluding carboxylic acids is 2. The molecule has 9 nitrogen and oxygen atoms in total. The third-order valence-electron chi connectivity index (χ3n) is 3.30. The largest absolute Gasteiger partial charge is 0.466 e. The minimum atomic E-state index is -2.87. The third kappa shape index (κ3) is 5.19. The fourth-order valence-corrected chi connectivity index (χ4v) is 2.03. The smallest absolute Gasteiger partial charge is 0.330 e. The summed E-state index contributed by atoms with van der Waals surface area (Å²) in [5, 5.41) is 5.27. The monoisotopic (exact) mass is 369 g/mol. The van der Waals surface area contributed by atoms with Gasteiger partial charge in [0, 0.05) is 31.5 Å². The Balaban J connectivity index is 1.86. The van der Waals surface area contributed by atoms with Gasteiger partial charge in [-0.25, -0.2) is 18.6 Å². The molecule has 2 N–H and O–H groups in total. The van der Waals surface area contributed by atoms with Crippen LogP contribution in [0.15, 0.2) is 23.0 Å². The minimum absolute atomic E-state index is 0.0803. The molecule has 0 saturated heterocycles. The molecule has 0 aliphatic heterocycles. The molecule has 1 amide bonds. The van der Waals surface area contributed by atoms with Crippen molar-refractivity contribution in [2.75, 3.05) is 13.7 Å². The second-order valence-corrected chi connectivity index (χ2v) is 5.19. The second kappa shape index (κ2) is 8.83. The molecule has 0 atom stereocenters. The molecule has 11 heteroatoms. The van der Waals surface area contributed by atoms with Crippen molar-refractivity contribution in [3.05, 3.63) is 40.1 Å². The van der Waals surface area contributed by atoms with Gasteiger partial charge in [0.05, 0.1) is 7.11 Å². The number of halogens is 2. The number of carbonyl (C=O) groups is 2. The lowest BCUT2D eigenvalue weighted by molar-refractivity contribution is -0.134. The zero-order valence-corrected chi connectivity index (χ0v) is 13.9. The van der Waals surface area contributed by atoms with Crippen LogP contribution in [0.25, 0.3) is 5.78 Å². The predicted octanol–water partition coefficient (Wildman–Crippen LogP) is 0.523. The van der Waals surface area contributed by atoms with E-state index in [1.165, 1.54) is 13.2 Å². The van der Waals surface area contributed by atoms with Crippen molar-refractivity contribution in [3.8, 4) is 0 Å². The topological polar surface area (TPSA) is 118 Å². The van der Waals surface area contributed by atoms with Gasteiger partial charge in [-0.15, -0.1) is 0 Å². The van der Waals surface area contributed by atoms with Crippen LogP contribution in [0.5, 0.6) is 0 Å². The first-order valence-electron chi connectivity index (χ1n) is 7.68. The molecule has 0 spiro atoms. The first kappa shape index (κ1) is 19.2. The number of aromatic amines is 1. The van der Waals surface area contributed by atoms with Gasteiger partial charge in [-0.05, 0) is 6.42 Å². The van der Waals surface area contributed by atoms with Crippen LogP contribution in [0.3, 0.4) is 0 Å². The summed E-state index contributed by atoms with van der Waals surface area (Å²) < 4.78 is 30.6. The molecule has 26 heavy (non-hydrogen) atoms. The summed E-state index contributed by atoms with van der Waals surface area (Å²) in [7, 11) is 1.27. The Morgan fingerprint density at radius 1 is 1.42 bits per heavy atom. The van der Waals surface area contributed by atoms with Gasteiger partial charge < -0.3 is 10.1 Å². The maximum Gasteiger partial charge on any atom is 0.330 e. The zero-order valence-electron chi connectivity index (χ0n) is 13.9. The summed E-state index contributed by atoms with van der Waals surface area (Å²) in [4.78, 5) is 41.9. The number of fused-ring (bicyclic) bond motifs is 1. The van der Waals surface area contributed by atoms with Crippen molar-refractivity contribution in [3.63, 3.8) is 0 Å². The van der Waals surface area contributed by atoms with E-state index >= 15 is 0 Å². The highest BCUT2D eigenvalue weighted by molar-refractivity contribution is 5.81. The molecule has 2 heterocycles. The Hall–Kier alpha value is -3.11. The van der Waals surface area contributed by atoms with Gasteiger partial charge in [-0.3, -0.25) is 14.7 Å². The van der Waals surface area contributed by atoms with Crippen molar-refractivity contribution < 1.29 is 23.1 Å². The van der Waals surface area contributed by atoms with Gasteiger partial charge in [0.2, 0.25) is 5.91 Å². The van der Waals surface area contributed by atoms with Gasteiger partial charge in [-0.2, -0.15) is 9.50 Å². The number of H-pyrrole nitrogens is 1. The van der Waals surface area contributed by atoms with Crippen molar-refractivity contribution in [2.45, 2.75) is 25.7 Å². The summed E-state index contributed by atoms with van der Waals surface area (Å²) in [6.07, 6.45) is 0.685. The lowest BCUT2D eigenvalue weighted by Gasteiger charge is -2.01. The van der Waals surface area contributed by atoms with Gasteiger partial charge in [-0.1, -0.05) is 6.08 Å².